The van der Waals surface area contributed by atoms with Crippen molar-refractivity contribution in [1.29, 1.82) is 0 Å². The van der Waals surface area contributed by atoms with Crippen molar-refractivity contribution in [3.8, 4) is 0 Å². The molecular weight excluding hydrogens is 304 g/mol. The number of halogens is 1. The summed E-state index contributed by atoms with van der Waals surface area (Å²) >= 11 is 6.22. The monoisotopic (exact) mass is 322 g/mol. The minimum atomic E-state index is -0.142. The van der Waals surface area contributed by atoms with Crippen LogP contribution in [0.4, 0.5) is 10.5 Å². The first-order valence-electron chi connectivity index (χ1n) is 7.44. The predicted octanol–water partition coefficient (Wildman–Crippen LogP) is 1.30. The van der Waals surface area contributed by atoms with Gasteiger partial charge in [-0.1, -0.05) is 11.6 Å². The number of nitrogens with one attached hydrogen (secondary N) is 2. The Hall–Kier alpha value is -1.79. The summed E-state index contributed by atoms with van der Waals surface area (Å²) < 4.78 is 0. The van der Waals surface area contributed by atoms with Gasteiger partial charge in [0.25, 0.3) is 5.91 Å². The van der Waals surface area contributed by atoms with Crippen LogP contribution < -0.4 is 15.5 Å². The van der Waals surface area contributed by atoms with Crippen molar-refractivity contribution in [2.75, 3.05) is 37.6 Å². The van der Waals surface area contributed by atoms with Crippen LogP contribution >= 0.6 is 11.6 Å². The molecule has 2 fully saturated rings. The average Bonchev–Trinajstić information content (AvgIpc) is 2.94. The molecule has 1 aromatic carbocycles. The van der Waals surface area contributed by atoms with Crippen LogP contribution in [0.3, 0.4) is 0 Å². The lowest BCUT2D eigenvalue weighted by Gasteiger charge is -2.34. The van der Waals surface area contributed by atoms with Gasteiger partial charge < -0.3 is 15.5 Å². The van der Waals surface area contributed by atoms with Gasteiger partial charge in [0, 0.05) is 44.5 Å². The molecule has 2 aliphatic heterocycles. The van der Waals surface area contributed by atoms with Crippen LogP contribution in [0.5, 0.6) is 0 Å². The molecule has 2 heterocycles. The molecule has 0 radical (unpaired) electrons. The van der Waals surface area contributed by atoms with E-state index in [1.165, 1.54) is 0 Å². The third kappa shape index (κ3) is 2.76. The number of nitrogens with zero attached hydrogens (tertiary/aromatic N) is 2. The van der Waals surface area contributed by atoms with Crippen molar-refractivity contribution in [1.82, 2.24) is 15.5 Å². The molecule has 7 heteroatoms. The third-order valence-electron chi connectivity index (χ3n) is 4.11. The minimum absolute atomic E-state index is 0.0829. The second-order valence-electron chi connectivity index (χ2n) is 5.60. The van der Waals surface area contributed by atoms with E-state index >= 15 is 0 Å². The summed E-state index contributed by atoms with van der Waals surface area (Å²) in [4.78, 5) is 28.0. The molecule has 0 saturated carbocycles. The van der Waals surface area contributed by atoms with E-state index in [4.69, 9.17) is 11.6 Å². The van der Waals surface area contributed by atoms with Crippen LogP contribution in [0, 0.1) is 0 Å². The highest BCUT2D eigenvalue weighted by atomic mass is 35.5. The van der Waals surface area contributed by atoms with Crippen LogP contribution in [0.25, 0.3) is 0 Å². The fourth-order valence-electron chi connectivity index (χ4n) is 2.86. The van der Waals surface area contributed by atoms with Crippen LogP contribution in [-0.2, 0) is 0 Å². The molecule has 6 nitrogen and oxygen atoms in total. The number of urea groups is 1. The van der Waals surface area contributed by atoms with Crippen molar-refractivity contribution in [3.63, 3.8) is 0 Å². The number of rotatable bonds is 2. The molecule has 1 atom stereocenters. The van der Waals surface area contributed by atoms with Gasteiger partial charge in [0.15, 0.2) is 0 Å². The van der Waals surface area contributed by atoms with Gasteiger partial charge in [0.1, 0.15) is 0 Å². The zero-order valence-electron chi connectivity index (χ0n) is 12.4. The Bertz CT molecular complexity index is 607. The summed E-state index contributed by atoms with van der Waals surface area (Å²) in [5.41, 5.74) is 1.15. The van der Waals surface area contributed by atoms with E-state index in [1.807, 2.05) is 11.8 Å². The molecule has 2 N–H and O–H groups in total. The SMILES string of the molecule is CC1CNCCN1C(=O)c1cc(N2CCNC2=O)ccc1Cl. The zero-order valence-corrected chi connectivity index (χ0v) is 13.2. The van der Waals surface area contributed by atoms with Crippen LogP contribution in [0.2, 0.25) is 5.02 Å². The second kappa shape index (κ2) is 6.14. The maximum atomic E-state index is 12.8. The van der Waals surface area contributed by atoms with Crippen LogP contribution in [0.15, 0.2) is 18.2 Å². The molecule has 1 aromatic rings. The van der Waals surface area contributed by atoms with Crippen molar-refractivity contribution >= 4 is 29.2 Å². The molecule has 0 aromatic heterocycles. The smallest absolute Gasteiger partial charge is 0.321 e. The molecule has 3 amide bonds. The van der Waals surface area contributed by atoms with Crippen LogP contribution in [0.1, 0.15) is 17.3 Å². The Morgan fingerprint density at radius 2 is 2.14 bits per heavy atom. The quantitative estimate of drug-likeness (QED) is 0.862. The van der Waals surface area contributed by atoms with Crippen LogP contribution in [-0.4, -0.2) is 55.6 Å². The van der Waals surface area contributed by atoms with Crippen molar-refractivity contribution < 1.29 is 9.59 Å². The van der Waals surface area contributed by atoms with E-state index in [0.717, 1.165) is 13.1 Å². The Balaban J connectivity index is 1.89. The van der Waals surface area contributed by atoms with E-state index < -0.39 is 0 Å². The van der Waals surface area contributed by atoms with Gasteiger partial charge in [-0.3, -0.25) is 9.69 Å². The maximum absolute atomic E-state index is 12.8. The average molecular weight is 323 g/mol. The van der Waals surface area contributed by atoms with E-state index in [0.29, 0.717) is 35.9 Å². The Morgan fingerprint density at radius 3 is 2.82 bits per heavy atom. The van der Waals surface area contributed by atoms with E-state index in [-0.39, 0.29) is 18.0 Å². The van der Waals surface area contributed by atoms with Gasteiger partial charge in [0.05, 0.1) is 10.6 Å². The highest BCUT2D eigenvalue weighted by Gasteiger charge is 2.27. The summed E-state index contributed by atoms with van der Waals surface area (Å²) in [5, 5.41) is 6.43. The van der Waals surface area contributed by atoms with Gasteiger partial charge in [0.2, 0.25) is 0 Å². The highest BCUT2D eigenvalue weighted by molar-refractivity contribution is 6.34. The van der Waals surface area contributed by atoms with E-state index in [2.05, 4.69) is 10.6 Å². The number of hydrogen-bond donors (Lipinski definition) is 2. The molecule has 0 aliphatic carbocycles. The summed E-state index contributed by atoms with van der Waals surface area (Å²) in [7, 11) is 0. The summed E-state index contributed by atoms with van der Waals surface area (Å²) in [6.45, 7) is 5.43. The third-order valence-corrected chi connectivity index (χ3v) is 4.44. The fraction of sp³-hybridized carbons (Fsp3) is 0.467. The number of benzene rings is 1. The van der Waals surface area contributed by atoms with Crippen molar-refractivity contribution in [2.24, 2.45) is 0 Å². The number of carbonyl (C=O) groups excluding carboxylic acids is 2. The van der Waals surface area contributed by atoms with Gasteiger partial charge in [-0.05, 0) is 25.1 Å². The molecule has 2 aliphatic rings. The Morgan fingerprint density at radius 1 is 1.32 bits per heavy atom. The van der Waals surface area contributed by atoms with Crippen molar-refractivity contribution in [2.45, 2.75) is 13.0 Å². The van der Waals surface area contributed by atoms with Gasteiger partial charge in [-0.15, -0.1) is 0 Å². The fourth-order valence-corrected chi connectivity index (χ4v) is 3.06. The molecule has 118 valence electrons. The number of amides is 3. The standard InChI is InChI=1S/C15H19ClN4O2/c1-10-9-17-4-6-19(10)14(21)12-8-11(2-3-13(12)16)20-7-5-18-15(20)22/h2-3,8,10,17H,4-7,9H2,1H3,(H,18,22). The predicted molar refractivity (Wildman–Crippen MR) is 85.6 cm³/mol. The normalized spacial score (nSPS) is 21.9. The summed E-state index contributed by atoms with van der Waals surface area (Å²) in [6, 6.07) is 5.14. The minimum Gasteiger partial charge on any atom is -0.336 e. The highest BCUT2D eigenvalue weighted by Crippen LogP contribution is 2.26. The number of hydrogen-bond acceptors (Lipinski definition) is 3. The lowest BCUT2D eigenvalue weighted by molar-refractivity contribution is 0.0656. The molecule has 22 heavy (non-hydrogen) atoms. The topological polar surface area (TPSA) is 64.7 Å². The molecule has 0 bridgehead atoms. The summed E-state index contributed by atoms with van der Waals surface area (Å²) in [6.07, 6.45) is 0. The first kappa shape index (κ1) is 15.1. The largest absolute Gasteiger partial charge is 0.336 e. The molecule has 1 unspecified atom stereocenters. The molecule has 0 spiro atoms. The van der Waals surface area contributed by atoms with Crippen molar-refractivity contribution in [3.05, 3.63) is 28.8 Å². The summed E-state index contributed by atoms with van der Waals surface area (Å²) in [5.74, 6) is -0.0829. The van der Waals surface area contributed by atoms with Gasteiger partial charge in [-0.25, -0.2) is 4.79 Å². The van der Waals surface area contributed by atoms with Gasteiger partial charge >= 0.3 is 6.03 Å². The van der Waals surface area contributed by atoms with Gasteiger partial charge in [-0.2, -0.15) is 0 Å². The molecule has 2 saturated heterocycles. The lowest BCUT2D eigenvalue weighted by atomic mass is 10.1. The lowest BCUT2D eigenvalue weighted by Crippen LogP contribution is -2.52. The molecular formula is C15H19ClN4O2. The Labute approximate surface area is 134 Å². The molecule has 3 rings (SSSR count). The first-order valence-corrected chi connectivity index (χ1v) is 7.82. The number of carbonyl (C=O) groups is 2. The van der Waals surface area contributed by atoms with E-state index in [9.17, 15) is 9.59 Å². The zero-order chi connectivity index (χ0) is 15.7. The Kier molecular flexibility index (Phi) is 4.22. The first-order chi connectivity index (χ1) is 10.6. The number of anilines is 1. The van der Waals surface area contributed by atoms with E-state index in [1.54, 1.807) is 23.1 Å². The number of piperazine rings is 1. The maximum Gasteiger partial charge on any atom is 0.321 e. The second-order valence-corrected chi connectivity index (χ2v) is 6.01.